The second-order valence-electron chi connectivity index (χ2n) is 4.62. The number of fused-ring (bicyclic) bond motifs is 1. The maximum atomic E-state index is 5.41. The van der Waals surface area contributed by atoms with Crippen molar-refractivity contribution in [1.29, 1.82) is 0 Å². The smallest absolute Gasteiger partial charge is 0.236 e. The molecule has 2 aromatic rings. The Morgan fingerprint density at radius 3 is 3.21 bits per heavy atom. The van der Waals surface area contributed by atoms with E-state index in [1.54, 1.807) is 0 Å². The molecule has 2 heterocycles. The van der Waals surface area contributed by atoms with Crippen LogP contribution in [0.15, 0.2) is 28.8 Å². The van der Waals surface area contributed by atoms with Crippen molar-refractivity contribution in [2.24, 2.45) is 0 Å². The van der Waals surface area contributed by atoms with Gasteiger partial charge in [-0.3, -0.25) is 0 Å². The van der Waals surface area contributed by atoms with Crippen LogP contribution in [-0.4, -0.2) is 23.3 Å². The van der Waals surface area contributed by atoms with Gasteiger partial charge in [-0.25, -0.2) is 0 Å². The summed E-state index contributed by atoms with van der Waals surface area (Å²) in [6.45, 7) is 4.01. The fourth-order valence-electron chi connectivity index (χ4n) is 2.28. The standard InChI is InChI=1S/C14H17N3O2/c1-2-7-18-9-13-16-14(19-17-13)11-8-15-12-6-4-3-5-10(11)12/h3-6,11,15H,2,7-9H2,1H3. The quantitative estimate of drug-likeness (QED) is 0.836. The highest BCUT2D eigenvalue weighted by molar-refractivity contribution is 5.59. The number of ether oxygens (including phenoxy) is 1. The minimum Gasteiger partial charge on any atom is -0.384 e. The number of anilines is 1. The molecule has 0 fully saturated rings. The van der Waals surface area contributed by atoms with Crippen LogP contribution < -0.4 is 5.32 Å². The third kappa shape index (κ3) is 2.46. The SMILES string of the molecule is CCCOCc1noc(C2CNc3ccccc32)n1. The van der Waals surface area contributed by atoms with Gasteiger partial charge in [-0.2, -0.15) is 4.98 Å². The molecule has 1 atom stereocenters. The number of nitrogens with one attached hydrogen (secondary N) is 1. The van der Waals surface area contributed by atoms with Gasteiger partial charge in [-0.15, -0.1) is 0 Å². The predicted molar refractivity (Wildman–Crippen MR) is 71.0 cm³/mol. The molecule has 3 rings (SSSR count). The van der Waals surface area contributed by atoms with Crippen LogP contribution in [-0.2, 0) is 11.3 Å². The number of aromatic nitrogens is 2. The Balaban J connectivity index is 1.74. The van der Waals surface area contributed by atoms with Crippen molar-refractivity contribution >= 4 is 5.69 Å². The first kappa shape index (κ1) is 12.2. The van der Waals surface area contributed by atoms with Gasteiger partial charge in [-0.1, -0.05) is 30.3 Å². The largest absolute Gasteiger partial charge is 0.384 e. The van der Waals surface area contributed by atoms with Gasteiger partial charge in [0.15, 0.2) is 5.82 Å². The van der Waals surface area contributed by atoms with Crippen LogP contribution in [0.25, 0.3) is 0 Å². The van der Waals surface area contributed by atoms with Crippen molar-refractivity contribution in [1.82, 2.24) is 10.1 Å². The highest BCUT2D eigenvalue weighted by atomic mass is 16.5. The van der Waals surface area contributed by atoms with Crippen molar-refractivity contribution < 1.29 is 9.26 Å². The molecule has 0 radical (unpaired) electrons. The van der Waals surface area contributed by atoms with Crippen molar-refractivity contribution in [2.75, 3.05) is 18.5 Å². The number of para-hydroxylation sites is 1. The number of nitrogens with zero attached hydrogens (tertiary/aromatic N) is 2. The Kier molecular flexibility index (Phi) is 3.46. The van der Waals surface area contributed by atoms with Gasteiger partial charge in [0.2, 0.25) is 5.89 Å². The van der Waals surface area contributed by atoms with Crippen LogP contribution >= 0.6 is 0 Å². The zero-order valence-electron chi connectivity index (χ0n) is 10.9. The maximum absolute atomic E-state index is 5.41. The summed E-state index contributed by atoms with van der Waals surface area (Å²) in [4.78, 5) is 4.42. The highest BCUT2D eigenvalue weighted by Gasteiger charge is 2.28. The summed E-state index contributed by atoms with van der Waals surface area (Å²) in [6.07, 6.45) is 0.991. The fourth-order valence-corrected chi connectivity index (χ4v) is 2.28. The molecule has 0 saturated heterocycles. The minimum absolute atomic E-state index is 0.142. The van der Waals surface area contributed by atoms with E-state index in [0.29, 0.717) is 18.3 Å². The maximum Gasteiger partial charge on any atom is 0.236 e. The normalized spacial score (nSPS) is 17.2. The van der Waals surface area contributed by atoms with Gasteiger partial charge >= 0.3 is 0 Å². The first-order valence-corrected chi connectivity index (χ1v) is 6.61. The molecule has 5 nitrogen and oxygen atoms in total. The molecule has 1 aromatic heterocycles. The molecule has 1 aliphatic rings. The molecule has 1 aromatic carbocycles. The third-order valence-corrected chi connectivity index (χ3v) is 3.19. The Bertz CT molecular complexity index is 553. The zero-order valence-corrected chi connectivity index (χ0v) is 10.9. The van der Waals surface area contributed by atoms with Gasteiger partial charge in [0, 0.05) is 18.8 Å². The first-order valence-electron chi connectivity index (χ1n) is 6.61. The number of rotatable bonds is 5. The van der Waals surface area contributed by atoms with Crippen LogP contribution in [0, 0.1) is 0 Å². The fraction of sp³-hybridized carbons (Fsp3) is 0.429. The van der Waals surface area contributed by atoms with Crippen molar-refractivity contribution in [3.63, 3.8) is 0 Å². The van der Waals surface area contributed by atoms with Crippen molar-refractivity contribution in [3.05, 3.63) is 41.5 Å². The second-order valence-corrected chi connectivity index (χ2v) is 4.62. The summed E-state index contributed by atoms with van der Waals surface area (Å²) in [5, 5.41) is 7.32. The summed E-state index contributed by atoms with van der Waals surface area (Å²) in [7, 11) is 0. The molecule has 0 bridgehead atoms. The first-order chi connectivity index (χ1) is 9.38. The lowest BCUT2D eigenvalue weighted by molar-refractivity contribution is 0.114. The third-order valence-electron chi connectivity index (χ3n) is 3.19. The number of hydrogen-bond donors (Lipinski definition) is 1. The number of hydrogen-bond acceptors (Lipinski definition) is 5. The number of benzene rings is 1. The van der Waals surface area contributed by atoms with Crippen LogP contribution in [0.5, 0.6) is 0 Å². The molecule has 100 valence electrons. The van der Waals surface area contributed by atoms with E-state index in [1.165, 1.54) is 5.56 Å². The van der Waals surface area contributed by atoms with E-state index in [1.807, 2.05) is 12.1 Å². The summed E-state index contributed by atoms with van der Waals surface area (Å²) >= 11 is 0. The molecule has 19 heavy (non-hydrogen) atoms. The lowest BCUT2D eigenvalue weighted by atomic mass is 10.0. The average Bonchev–Trinajstić information content (AvgIpc) is 3.05. The second kappa shape index (κ2) is 5.40. The van der Waals surface area contributed by atoms with Gasteiger partial charge in [0.05, 0.1) is 5.92 Å². The van der Waals surface area contributed by atoms with E-state index >= 15 is 0 Å². The molecule has 1 unspecified atom stereocenters. The average molecular weight is 259 g/mol. The topological polar surface area (TPSA) is 60.2 Å². The van der Waals surface area contributed by atoms with E-state index in [2.05, 4.69) is 34.5 Å². The summed E-state index contributed by atoms with van der Waals surface area (Å²) in [5.74, 6) is 1.42. The van der Waals surface area contributed by atoms with Gasteiger partial charge < -0.3 is 14.6 Å². The lowest BCUT2D eigenvalue weighted by Crippen LogP contribution is -2.04. The molecule has 0 spiro atoms. The van der Waals surface area contributed by atoms with Gasteiger partial charge in [-0.05, 0) is 18.1 Å². The highest BCUT2D eigenvalue weighted by Crippen LogP contribution is 2.34. The molecule has 0 aliphatic carbocycles. The molecule has 1 aliphatic heterocycles. The molecule has 5 heteroatoms. The Morgan fingerprint density at radius 2 is 2.32 bits per heavy atom. The van der Waals surface area contributed by atoms with Crippen LogP contribution in [0.4, 0.5) is 5.69 Å². The van der Waals surface area contributed by atoms with Crippen LogP contribution in [0.1, 0.15) is 36.5 Å². The van der Waals surface area contributed by atoms with Gasteiger partial charge in [0.1, 0.15) is 6.61 Å². The Labute approximate surface area is 112 Å². The predicted octanol–water partition coefficient (Wildman–Crippen LogP) is 2.55. The molecule has 1 N–H and O–H groups in total. The van der Waals surface area contributed by atoms with E-state index < -0.39 is 0 Å². The summed E-state index contributed by atoms with van der Waals surface area (Å²) < 4.78 is 10.8. The lowest BCUT2D eigenvalue weighted by Gasteiger charge is -2.03. The van der Waals surface area contributed by atoms with Crippen LogP contribution in [0.3, 0.4) is 0 Å². The minimum atomic E-state index is 0.142. The molecular formula is C14H17N3O2. The Morgan fingerprint density at radius 1 is 1.42 bits per heavy atom. The molecule has 0 amide bonds. The monoisotopic (exact) mass is 259 g/mol. The zero-order chi connectivity index (χ0) is 13.1. The molecular weight excluding hydrogens is 242 g/mol. The summed E-state index contributed by atoms with van der Waals surface area (Å²) in [5.41, 5.74) is 2.36. The van der Waals surface area contributed by atoms with Gasteiger partial charge in [0.25, 0.3) is 0 Å². The van der Waals surface area contributed by atoms with E-state index in [0.717, 1.165) is 25.3 Å². The van der Waals surface area contributed by atoms with E-state index in [4.69, 9.17) is 9.26 Å². The van der Waals surface area contributed by atoms with E-state index in [9.17, 15) is 0 Å². The molecule has 0 saturated carbocycles. The van der Waals surface area contributed by atoms with Crippen molar-refractivity contribution in [2.45, 2.75) is 25.9 Å². The Hall–Kier alpha value is -1.88. The van der Waals surface area contributed by atoms with Crippen LogP contribution in [0.2, 0.25) is 0 Å². The van der Waals surface area contributed by atoms with E-state index in [-0.39, 0.29) is 5.92 Å². The van der Waals surface area contributed by atoms with Crippen molar-refractivity contribution in [3.8, 4) is 0 Å². The summed E-state index contributed by atoms with van der Waals surface area (Å²) in [6, 6.07) is 8.21.